The molecular formula is C14H17BrN2S. The molecule has 2 nitrogen and oxygen atoms in total. The van der Waals surface area contributed by atoms with E-state index in [2.05, 4.69) is 58.3 Å². The predicted octanol–water partition coefficient (Wildman–Crippen LogP) is 4.03. The molecule has 1 N–H and O–H groups in total. The van der Waals surface area contributed by atoms with Crippen molar-refractivity contribution in [1.82, 2.24) is 10.3 Å². The summed E-state index contributed by atoms with van der Waals surface area (Å²) in [6.45, 7) is 4.20. The standard InChI is InChI=1S/C14H17BrN2S/c1-9-10(2)18-14(17-9)8-13(16-3)11-6-4-5-7-12(11)15/h4-7,13,16H,8H2,1-3H3. The number of aromatic nitrogens is 1. The minimum atomic E-state index is 0.297. The van der Waals surface area contributed by atoms with E-state index in [0.717, 1.165) is 16.6 Å². The summed E-state index contributed by atoms with van der Waals surface area (Å²) >= 11 is 5.41. The molecule has 2 rings (SSSR count). The van der Waals surface area contributed by atoms with E-state index < -0.39 is 0 Å². The van der Waals surface area contributed by atoms with Gasteiger partial charge in [0.15, 0.2) is 0 Å². The van der Waals surface area contributed by atoms with Crippen LogP contribution in [0.15, 0.2) is 28.7 Å². The maximum absolute atomic E-state index is 4.62. The molecule has 1 unspecified atom stereocenters. The van der Waals surface area contributed by atoms with Crippen LogP contribution in [-0.2, 0) is 6.42 Å². The smallest absolute Gasteiger partial charge is 0.0949 e. The molecule has 0 saturated carbocycles. The van der Waals surface area contributed by atoms with Gasteiger partial charge in [-0.3, -0.25) is 0 Å². The SMILES string of the molecule is CNC(Cc1nc(C)c(C)s1)c1ccccc1Br. The van der Waals surface area contributed by atoms with E-state index in [1.54, 1.807) is 11.3 Å². The molecule has 18 heavy (non-hydrogen) atoms. The van der Waals surface area contributed by atoms with Crippen LogP contribution in [0.25, 0.3) is 0 Å². The minimum Gasteiger partial charge on any atom is -0.313 e. The lowest BCUT2D eigenvalue weighted by molar-refractivity contribution is 0.587. The average molecular weight is 325 g/mol. The lowest BCUT2D eigenvalue weighted by Crippen LogP contribution is -2.19. The molecule has 0 aliphatic rings. The van der Waals surface area contributed by atoms with E-state index >= 15 is 0 Å². The molecule has 0 spiro atoms. The van der Waals surface area contributed by atoms with Gasteiger partial charge >= 0.3 is 0 Å². The Morgan fingerprint density at radius 2 is 2.06 bits per heavy atom. The number of likely N-dealkylation sites (N-methyl/N-ethyl adjacent to an activating group) is 1. The molecule has 4 heteroatoms. The van der Waals surface area contributed by atoms with Crippen molar-refractivity contribution < 1.29 is 0 Å². The summed E-state index contributed by atoms with van der Waals surface area (Å²) in [5.41, 5.74) is 2.43. The van der Waals surface area contributed by atoms with Crippen molar-refractivity contribution in [3.63, 3.8) is 0 Å². The van der Waals surface area contributed by atoms with Crippen molar-refractivity contribution >= 4 is 27.3 Å². The van der Waals surface area contributed by atoms with Gasteiger partial charge in [-0.05, 0) is 32.5 Å². The third kappa shape index (κ3) is 2.99. The molecule has 1 aromatic heterocycles. The highest BCUT2D eigenvalue weighted by molar-refractivity contribution is 9.10. The van der Waals surface area contributed by atoms with Gasteiger partial charge in [0.1, 0.15) is 0 Å². The topological polar surface area (TPSA) is 24.9 Å². The second kappa shape index (κ2) is 5.95. The van der Waals surface area contributed by atoms with Crippen LogP contribution in [0.1, 0.15) is 27.2 Å². The number of hydrogen-bond acceptors (Lipinski definition) is 3. The first-order chi connectivity index (χ1) is 8.61. The minimum absolute atomic E-state index is 0.297. The second-order valence-corrected chi connectivity index (χ2v) is 6.46. The molecule has 96 valence electrons. The molecule has 0 fully saturated rings. The Hall–Kier alpha value is -0.710. The highest BCUT2D eigenvalue weighted by Crippen LogP contribution is 2.27. The van der Waals surface area contributed by atoms with Crippen molar-refractivity contribution in [3.8, 4) is 0 Å². The maximum atomic E-state index is 4.62. The number of aryl methyl sites for hydroxylation is 2. The zero-order chi connectivity index (χ0) is 13.1. The first-order valence-electron chi connectivity index (χ1n) is 5.96. The Kier molecular flexibility index (Phi) is 4.54. The molecular weight excluding hydrogens is 308 g/mol. The first-order valence-corrected chi connectivity index (χ1v) is 7.57. The molecule has 0 aliphatic heterocycles. The summed E-state index contributed by atoms with van der Waals surface area (Å²) in [5.74, 6) is 0. The molecule has 1 aromatic carbocycles. The number of nitrogens with one attached hydrogen (secondary N) is 1. The number of halogens is 1. The highest BCUT2D eigenvalue weighted by atomic mass is 79.9. The van der Waals surface area contributed by atoms with Crippen LogP contribution in [-0.4, -0.2) is 12.0 Å². The summed E-state index contributed by atoms with van der Waals surface area (Å²) in [6.07, 6.45) is 0.929. The van der Waals surface area contributed by atoms with Crippen LogP contribution in [0.2, 0.25) is 0 Å². The van der Waals surface area contributed by atoms with Crippen LogP contribution in [0.5, 0.6) is 0 Å². The number of benzene rings is 1. The molecule has 0 bridgehead atoms. The van der Waals surface area contributed by atoms with Gasteiger partial charge in [-0.2, -0.15) is 0 Å². The Morgan fingerprint density at radius 3 is 2.61 bits per heavy atom. The van der Waals surface area contributed by atoms with Crippen LogP contribution >= 0.6 is 27.3 Å². The zero-order valence-electron chi connectivity index (χ0n) is 10.8. The number of thiazole rings is 1. The molecule has 0 radical (unpaired) electrons. The van der Waals surface area contributed by atoms with Crippen molar-refractivity contribution in [2.45, 2.75) is 26.3 Å². The zero-order valence-corrected chi connectivity index (χ0v) is 13.2. The Labute approximate surface area is 121 Å². The van der Waals surface area contributed by atoms with Crippen LogP contribution in [0.3, 0.4) is 0 Å². The van der Waals surface area contributed by atoms with Gasteiger partial charge < -0.3 is 5.32 Å². The first kappa shape index (κ1) is 13.7. The predicted molar refractivity (Wildman–Crippen MR) is 81.2 cm³/mol. The van der Waals surface area contributed by atoms with E-state index in [9.17, 15) is 0 Å². The van der Waals surface area contributed by atoms with Gasteiger partial charge in [-0.15, -0.1) is 11.3 Å². The van der Waals surface area contributed by atoms with Crippen molar-refractivity contribution in [2.75, 3.05) is 7.05 Å². The van der Waals surface area contributed by atoms with Gasteiger partial charge in [-0.25, -0.2) is 4.98 Å². The highest BCUT2D eigenvalue weighted by Gasteiger charge is 2.15. The van der Waals surface area contributed by atoms with Crippen LogP contribution in [0.4, 0.5) is 0 Å². The van der Waals surface area contributed by atoms with Crippen molar-refractivity contribution in [1.29, 1.82) is 0 Å². The fraction of sp³-hybridized carbons (Fsp3) is 0.357. The van der Waals surface area contributed by atoms with Crippen LogP contribution in [0, 0.1) is 13.8 Å². The number of nitrogens with zero attached hydrogens (tertiary/aromatic N) is 1. The summed E-state index contributed by atoms with van der Waals surface area (Å²) in [4.78, 5) is 5.93. The Bertz CT molecular complexity index is 517. The van der Waals surface area contributed by atoms with Crippen molar-refractivity contribution in [2.24, 2.45) is 0 Å². The van der Waals surface area contributed by atoms with E-state index in [-0.39, 0.29) is 0 Å². The van der Waals surface area contributed by atoms with Gasteiger partial charge in [0.25, 0.3) is 0 Å². The monoisotopic (exact) mass is 324 g/mol. The summed E-state index contributed by atoms with van der Waals surface area (Å²) in [7, 11) is 2.00. The molecule has 2 aromatic rings. The third-order valence-electron chi connectivity index (χ3n) is 3.08. The number of rotatable bonds is 4. The van der Waals surface area contributed by atoms with E-state index in [1.807, 2.05) is 13.1 Å². The summed E-state index contributed by atoms with van der Waals surface area (Å²) < 4.78 is 1.15. The van der Waals surface area contributed by atoms with Gasteiger partial charge in [0.2, 0.25) is 0 Å². The average Bonchev–Trinajstić information content (AvgIpc) is 2.66. The lowest BCUT2D eigenvalue weighted by atomic mass is 10.0. The molecule has 0 amide bonds. The molecule has 1 heterocycles. The Morgan fingerprint density at radius 1 is 1.33 bits per heavy atom. The largest absolute Gasteiger partial charge is 0.313 e. The Balaban J connectivity index is 2.22. The summed E-state index contributed by atoms with van der Waals surface area (Å²) in [5, 5.41) is 4.57. The fourth-order valence-electron chi connectivity index (χ4n) is 1.93. The maximum Gasteiger partial charge on any atom is 0.0949 e. The summed E-state index contributed by atoms with van der Waals surface area (Å²) in [6, 6.07) is 8.64. The fourth-order valence-corrected chi connectivity index (χ4v) is 3.47. The van der Waals surface area contributed by atoms with Gasteiger partial charge in [0, 0.05) is 21.8 Å². The van der Waals surface area contributed by atoms with Gasteiger partial charge in [-0.1, -0.05) is 34.1 Å². The third-order valence-corrected chi connectivity index (χ3v) is 4.90. The van der Waals surface area contributed by atoms with E-state index in [0.29, 0.717) is 6.04 Å². The van der Waals surface area contributed by atoms with Gasteiger partial charge in [0.05, 0.1) is 10.7 Å². The normalized spacial score (nSPS) is 12.7. The van der Waals surface area contributed by atoms with E-state index in [1.165, 1.54) is 15.4 Å². The lowest BCUT2D eigenvalue weighted by Gasteiger charge is -2.16. The molecule has 1 atom stereocenters. The van der Waals surface area contributed by atoms with E-state index in [4.69, 9.17) is 0 Å². The molecule has 0 aliphatic carbocycles. The quantitative estimate of drug-likeness (QED) is 0.918. The second-order valence-electron chi connectivity index (χ2n) is 4.32. The molecule has 0 saturated heterocycles. The van der Waals surface area contributed by atoms with Crippen molar-refractivity contribution in [3.05, 3.63) is 49.9 Å². The number of hydrogen-bond donors (Lipinski definition) is 1. The van der Waals surface area contributed by atoms with Crippen LogP contribution < -0.4 is 5.32 Å².